The number of thioether (sulfide) groups is 1. The molecule has 0 saturated carbocycles. The van der Waals surface area contributed by atoms with Gasteiger partial charge in [0.15, 0.2) is 0 Å². The molecule has 0 aromatic heterocycles. The lowest BCUT2D eigenvalue weighted by molar-refractivity contribution is -0.192. The maximum atomic E-state index is 13.0. The fraction of sp³-hybridized carbons (Fsp3) is 0.333. The van der Waals surface area contributed by atoms with Crippen molar-refractivity contribution < 1.29 is 47.0 Å². The molecule has 3 heterocycles. The lowest BCUT2D eigenvalue weighted by atomic mass is 10.0. The molecule has 2 amide bonds. The zero-order valence-electron chi connectivity index (χ0n) is 17.8. The average Bonchev–Trinajstić information content (AvgIpc) is 3.13. The maximum Gasteiger partial charge on any atom is 0.490 e. The number of hydrogen-bond acceptors (Lipinski definition) is 6. The number of hydrogen-bond donors (Lipinski definition) is 3. The fourth-order valence-electron chi connectivity index (χ4n) is 3.62. The van der Waals surface area contributed by atoms with E-state index in [-0.39, 0.29) is 22.8 Å². The zero-order chi connectivity index (χ0) is 26.1. The Kier molecular flexibility index (Phi) is 7.55. The van der Waals surface area contributed by atoms with Crippen molar-refractivity contribution in [2.75, 3.05) is 12.3 Å². The van der Waals surface area contributed by atoms with Gasteiger partial charge >= 0.3 is 18.1 Å². The number of carbonyl (C=O) groups is 4. The highest BCUT2D eigenvalue weighted by molar-refractivity contribution is 8.00. The molecule has 1 aromatic rings. The van der Waals surface area contributed by atoms with E-state index < -0.39 is 30.1 Å². The maximum absolute atomic E-state index is 13.0. The second-order valence-electron chi connectivity index (χ2n) is 7.69. The first-order valence-electron chi connectivity index (χ1n) is 10.0. The van der Waals surface area contributed by atoms with Crippen molar-refractivity contribution in [1.82, 2.24) is 9.80 Å². The van der Waals surface area contributed by atoms with Crippen LogP contribution in [0.15, 0.2) is 47.2 Å². The van der Waals surface area contributed by atoms with Gasteiger partial charge in [0.05, 0.1) is 0 Å². The van der Waals surface area contributed by atoms with E-state index in [4.69, 9.17) is 15.6 Å². The number of nitrogens with zero attached hydrogens (tertiary/aromatic N) is 2. The molecule has 14 heteroatoms. The third-order valence-corrected chi connectivity index (χ3v) is 6.66. The molecule has 4 rings (SSSR count). The van der Waals surface area contributed by atoms with Crippen LogP contribution in [0.1, 0.15) is 12.0 Å². The van der Waals surface area contributed by atoms with E-state index in [1.807, 2.05) is 0 Å². The number of benzene rings is 1. The summed E-state index contributed by atoms with van der Waals surface area (Å²) in [5.41, 5.74) is 7.42. The van der Waals surface area contributed by atoms with Crippen molar-refractivity contribution in [2.24, 2.45) is 5.73 Å². The van der Waals surface area contributed by atoms with Gasteiger partial charge in [0, 0.05) is 24.4 Å². The van der Waals surface area contributed by atoms with Crippen LogP contribution in [0.2, 0.25) is 0 Å². The van der Waals surface area contributed by atoms with Gasteiger partial charge in [-0.2, -0.15) is 13.2 Å². The summed E-state index contributed by atoms with van der Waals surface area (Å²) in [6.45, 7) is 0.860. The Morgan fingerprint density at radius 1 is 1.17 bits per heavy atom. The van der Waals surface area contributed by atoms with Crippen molar-refractivity contribution in [3.63, 3.8) is 0 Å². The summed E-state index contributed by atoms with van der Waals surface area (Å²) in [4.78, 5) is 48.2. The smallest absolute Gasteiger partial charge is 0.477 e. The van der Waals surface area contributed by atoms with Gasteiger partial charge in [0.1, 0.15) is 22.9 Å². The molecule has 0 aliphatic carbocycles. The van der Waals surface area contributed by atoms with E-state index in [0.717, 1.165) is 5.56 Å². The second kappa shape index (κ2) is 10.1. The Morgan fingerprint density at radius 2 is 1.77 bits per heavy atom. The third-order valence-electron chi connectivity index (χ3n) is 5.33. The number of carbonyl (C=O) groups excluding carboxylic acids is 2. The van der Waals surface area contributed by atoms with Crippen LogP contribution < -0.4 is 5.73 Å². The van der Waals surface area contributed by atoms with E-state index in [1.54, 1.807) is 23.1 Å². The van der Waals surface area contributed by atoms with Gasteiger partial charge in [-0.15, -0.1) is 11.8 Å². The first kappa shape index (κ1) is 26.2. The molecule has 0 radical (unpaired) electrons. The molecule has 0 spiro atoms. The topological polar surface area (TPSA) is 141 Å². The van der Waals surface area contributed by atoms with Crippen LogP contribution in [0.3, 0.4) is 0 Å². The number of likely N-dealkylation sites (tertiary alicyclic amines) is 1. The van der Waals surface area contributed by atoms with Crippen molar-refractivity contribution in [1.29, 1.82) is 0 Å². The number of aliphatic carboxylic acids is 2. The minimum atomic E-state index is -5.08. The molecule has 3 aliphatic rings. The molecular formula is C21H19F4N3O6S. The molecule has 0 unspecified atom stereocenters. The number of carboxylic acids is 2. The number of β-lactam (4-membered cyclic amide) rings is 1. The molecular weight excluding hydrogens is 498 g/mol. The van der Waals surface area contributed by atoms with Gasteiger partial charge in [-0.25, -0.2) is 14.0 Å². The largest absolute Gasteiger partial charge is 0.490 e. The van der Waals surface area contributed by atoms with Gasteiger partial charge in [0.25, 0.3) is 0 Å². The summed E-state index contributed by atoms with van der Waals surface area (Å²) in [5, 5.41) is 16.3. The fourth-order valence-corrected chi connectivity index (χ4v) is 4.88. The number of amides is 2. The van der Waals surface area contributed by atoms with Gasteiger partial charge in [-0.05, 0) is 35.8 Å². The van der Waals surface area contributed by atoms with Crippen LogP contribution in [0.4, 0.5) is 17.6 Å². The molecule has 1 aromatic carbocycles. The standard InChI is InChI=1S/C19H18FN3O4S.C2HF3O2/c20-13-3-1-10(2-4-13)8-22-6-5-11(16(22)24)7-12-9-28-18-14(21)17(25)23(18)15(12)19(26)27;3-2(4,5)1(6)7/h1-4,7,14,18H,5-6,8-9,21H2,(H,26,27);(H,6,7)/t14-,18-;/m1./s1. The number of allylic oxidation sites excluding steroid dienone is 1. The highest BCUT2D eigenvalue weighted by Gasteiger charge is 2.51. The van der Waals surface area contributed by atoms with Crippen LogP contribution in [0.5, 0.6) is 0 Å². The zero-order valence-corrected chi connectivity index (χ0v) is 18.6. The summed E-state index contributed by atoms with van der Waals surface area (Å²) in [5.74, 6) is -4.52. The minimum Gasteiger partial charge on any atom is -0.477 e. The molecule has 35 heavy (non-hydrogen) atoms. The van der Waals surface area contributed by atoms with Crippen molar-refractivity contribution in [3.8, 4) is 0 Å². The Hall–Kier alpha value is -3.39. The summed E-state index contributed by atoms with van der Waals surface area (Å²) >= 11 is 1.40. The highest BCUT2D eigenvalue weighted by atomic mass is 32.2. The van der Waals surface area contributed by atoms with Gasteiger partial charge in [0.2, 0.25) is 11.8 Å². The minimum absolute atomic E-state index is 0.0901. The molecule has 2 atom stereocenters. The summed E-state index contributed by atoms with van der Waals surface area (Å²) in [6.07, 6.45) is -3.01. The summed E-state index contributed by atoms with van der Waals surface area (Å²) in [7, 11) is 0. The van der Waals surface area contributed by atoms with E-state index >= 15 is 0 Å². The van der Waals surface area contributed by atoms with Crippen LogP contribution in [-0.2, 0) is 25.7 Å². The molecule has 9 nitrogen and oxygen atoms in total. The average molecular weight is 517 g/mol. The van der Waals surface area contributed by atoms with E-state index in [2.05, 4.69) is 0 Å². The Labute approximate surface area is 199 Å². The third kappa shape index (κ3) is 5.65. The number of alkyl halides is 3. The monoisotopic (exact) mass is 517 g/mol. The predicted octanol–water partition coefficient (Wildman–Crippen LogP) is 1.70. The van der Waals surface area contributed by atoms with Crippen molar-refractivity contribution in [3.05, 3.63) is 58.6 Å². The lowest BCUT2D eigenvalue weighted by Crippen LogP contribution is -2.68. The van der Waals surface area contributed by atoms with Crippen LogP contribution in [-0.4, -0.2) is 73.7 Å². The number of fused-ring (bicyclic) bond motifs is 1. The van der Waals surface area contributed by atoms with Crippen LogP contribution >= 0.6 is 11.8 Å². The predicted molar refractivity (Wildman–Crippen MR) is 114 cm³/mol. The number of rotatable bonds is 4. The van der Waals surface area contributed by atoms with E-state index in [0.29, 0.717) is 36.4 Å². The molecule has 0 bridgehead atoms. The van der Waals surface area contributed by atoms with Crippen LogP contribution in [0, 0.1) is 5.82 Å². The Bertz CT molecular complexity index is 1120. The molecule has 188 valence electrons. The highest BCUT2D eigenvalue weighted by Crippen LogP contribution is 2.40. The first-order valence-corrected chi connectivity index (χ1v) is 11.1. The summed E-state index contributed by atoms with van der Waals surface area (Å²) in [6, 6.07) is 5.27. The molecule has 2 saturated heterocycles. The van der Waals surface area contributed by atoms with E-state index in [9.17, 15) is 37.1 Å². The van der Waals surface area contributed by atoms with Gasteiger partial charge < -0.3 is 20.8 Å². The van der Waals surface area contributed by atoms with Gasteiger partial charge in [-0.3, -0.25) is 14.5 Å². The van der Waals surface area contributed by atoms with Crippen molar-refractivity contribution in [2.45, 2.75) is 30.6 Å². The molecule has 3 aliphatic heterocycles. The number of nitrogens with two attached hydrogens (primary N) is 1. The Balaban J connectivity index is 0.000000429. The molecule has 2 fully saturated rings. The number of carboxylic acid groups (broad SMARTS) is 2. The second-order valence-corrected chi connectivity index (χ2v) is 8.80. The Morgan fingerprint density at radius 3 is 2.31 bits per heavy atom. The first-order chi connectivity index (χ1) is 16.3. The number of halogens is 4. The van der Waals surface area contributed by atoms with Crippen LogP contribution in [0.25, 0.3) is 0 Å². The normalized spacial score (nSPS) is 23.1. The summed E-state index contributed by atoms with van der Waals surface area (Å²) < 4.78 is 44.8. The quantitative estimate of drug-likeness (QED) is 0.311. The molecule has 4 N–H and O–H groups in total. The van der Waals surface area contributed by atoms with Crippen molar-refractivity contribution >= 4 is 35.5 Å². The lowest BCUT2D eigenvalue weighted by Gasteiger charge is -2.47. The van der Waals surface area contributed by atoms with Gasteiger partial charge in [-0.1, -0.05) is 12.1 Å². The SMILES string of the molecule is N[C@@H]1C(=O)N2C(C(=O)O)=C(C=C3CCN(Cc4ccc(F)cc4)C3=O)CS[C@H]12.O=C(O)C(F)(F)F. The van der Waals surface area contributed by atoms with E-state index in [1.165, 1.54) is 28.8 Å².